The second kappa shape index (κ2) is 15.7. The quantitative estimate of drug-likeness (QED) is 0.142. The first-order valence-electron chi connectivity index (χ1n) is 20.9. The van der Waals surface area contributed by atoms with E-state index in [9.17, 15) is 0 Å². The van der Waals surface area contributed by atoms with Crippen molar-refractivity contribution in [1.29, 1.82) is 0 Å². The number of hydrogen-bond acceptors (Lipinski definition) is 1. The number of hydrogen-bond donors (Lipinski definition) is 0. The van der Waals surface area contributed by atoms with Crippen LogP contribution in [0.4, 0.5) is 17.1 Å². The third-order valence-corrected chi connectivity index (χ3v) is 12.0. The van der Waals surface area contributed by atoms with Crippen molar-refractivity contribution in [3.63, 3.8) is 0 Å². The lowest BCUT2D eigenvalue weighted by Gasteiger charge is -2.26. The Morgan fingerprint density at radius 3 is 1.55 bits per heavy atom. The van der Waals surface area contributed by atoms with E-state index in [1.165, 1.54) is 66.3 Å². The van der Waals surface area contributed by atoms with Gasteiger partial charge in [0.05, 0.1) is 11.0 Å². The van der Waals surface area contributed by atoms with Crippen LogP contribution in [0.2, 0.25) is 0 Å². The molecule has 0 saturated heterocycles. The monoisotopic (exact) mass is 770 g/mol. The van der Waals surface area contributed by atoms with E-state index in [-0.39, 0.29) is 0 Å². The van der Waals surface area contributed by atoms with Gasteiger partial charge in [0.1, 0.15) is 0 Å². The minimum atomic E-state index is 0.593. The highest BCUT2D eigenvalue weighted by atomic mass is 15.1. The lowest BCUT2D eigenvalue weighted by atomic mass is 9.94. The molecule has 0 N–H and O–H groups in total. The van der Waals surface area contributed by atoms with Crippen molar-refractivity contribution in [2.45, 2.75) is 20.3 Å². The zero-order valence-corrected chi connectivity index (χ0v) is 34.1. The Labute approximate surface area is 353 Å². The number of rotatable bonds is 9. The van der Waals surface area contributed by atoms with Gasteiger partial charge in [-0.25, -0.2) is 0 Å². The number of para-hydroxylation sites is 1. The Morgan fingerprint density at radius 1 is 0.500 bits per heavy atom. The average Bonchev–Trinajstić information content (AvgIpc) is 3.64. The Hall–Kier alpha value is -7.42. The molecule has 1 aliphatic rings. The molecule has 60 heavy (non-hydrogen) atoms. The van der Waals surface area contributed by atoms with Gasteiger partial charge in [-0.1, -0.05) is 165 Å². The first-order valence-corrected chi connectivity index (χ1v) is 20.9. The van der Waals surface area contributed by atoms with Crippen molar-refractivity contribution in [2.75, 3.05) is 4.90 Å². The summed E-state index contributed by atoms with van der Waals surface area (Å²) < 4.78 is 2.37. The molecule has 1 unspecified atom stereocenters. The van der Waals surface area contributed by atoms with E-state index < -0.39 is 0 Å². The highest BCUT2D eigenvalue weighted by molar-refractivity contribution is 6.10. The molecule has 0 radical (unpaired) electrons. The summed E-state index contributed by atoms with van der Waals surface area (Å²) in [5.74, 6) is 0.593. The van der Waals surface area contributed by atoms with E-state index >= 15 is 0 Å². The fourth-order valence-electron chi connectivity index (χ4n) is 8.61. The maximum Gasteiger partial charge on any atom is 0.0541 e. The summed E-state index contributed by atoms with van der Waals surface area (Å²) in [4.78, 5) is 2.35. The molecule has 1 heterocycles. The van der Waals surface area contributed by atoms with Crippen LogP contribution in [-0.4, -0.2) is 4.57 Å². The minimum Gasteiger partial charge on any atom is -0.311 e. The molecule has 9 aromatic rings. The van der Waals surface area contributed by atoms with E-state index in [0.717, 1.165) is 40.3 Å². The number of fused-ring (bicyclic) bond motifs is 3. The Bertz CT molecular complexity index is 3040. The normalized spacial score (nSPS) is 13.7. The molecular weight excluding hydrogens is 725 g/mol. The fourth-order valence-corrected chi connectivity index (χ4v) is 8.61. The van der Waals surface area contributed by atoms with Gasteiger partial charge < -0.3 is 9.47 Å². The van der Waals surface area contributed by atoms with Crippen LogP contribution in [0.3, 0.4) is 0 Å². The van der Waals surface area contributed by atoms with Crippen LogP contribution < -0.4 is 4.90 Å². The summed E-state index contributed by atoms with van der Waals surface area (Å²) in [7, 11) is 0. The molecule has 288 valence electrons. The van der Waals surface area contributed by atoms with E-state index in [0.29, 0.717) is 5.92 Å². The third kappa shape index (κ3) is 7.07. The lowest BCUT2D eigenvalue weighted by Crippen LogP contribution is -2.10. The molecule has 0 spiro atoms. The number of anilines is 3. The van der Waals surface area contributed by atoms with Gasteiger partial charge in [-0.05, 0) is 136 Å². The second-order valence-corrected chi connectivity index (χ2v) is 16.1. The molecule has 10 rings (SSSR count). The molecular formula is C58H46N2. The Kier molecular flexibility index (Phi) is 9.67. The van der Waals surface area contributed by atoms with Crippen molar-refractivity contribution in [3.8, 4) is 39.1 Å². The molecule has 8 aromatic carbocycles. The van der Waals surface area contributed by atoms with Gasteiger partial charge in [0.25, 0.3) is 0 Å². The van der Waals surface area contributed by atoms with Crippen molar-refractivity contribution in [3.05, 3.63) is 230 Å². The largest absolute Gasteiger partial charge is 0.311 e. The smallest absolute Gasteiger partial charge is 0.0541 e. The first-order chi connectivity index (χ1) is 29.5. The van der Waals surface area contributed by atoms with Crippen LogP contribution in [0.1, 0.15) is 31.4 Å². The highest BCUT2D eigenvalue weighted by Crippen LogP contribution is 2.39. The highest BCUT2D eigenvalue weighted by Gasteiger charge is 2.16. The van der Waals surface area contributed by atoms with Crippen LogP contribution in [0.15, 0.2) is 219 Å². The summed E-state index contributed by atoms with van der Waals surface area (Å²) in [6.07, 6.45) is 8.01. The fraction of sp³-hybridized carbons (Fsp3) is 0.0690. The van der Waals surface area contributed by atoms with Gasteiger partial charge in [0.15, 0.2) is 0 Å². The summed E-state index contributed by atoms with van der Waals surface area (Å²) in [6.45, 7) is 8.44. The average molecular weight is 771 g/mol. The molecule has 0 amide bonds. The van der Waals surface area contributed by atoms with Crippen LogP contribution >= 0.6 is 0 Å². The standard InChI is InChI=1S/C58H46N2/c1-40(2)42-21-30-54(31-22-42)60-57-12-8-7-11-55(57)56-39-50(29-38-58(56)60)49-19-17-45(18-20-49)48-27-36-53(37-28-48)59(51-32-23-46(24-33-51)43-9-5-4-6-10-43)52-34-25-47(26-35-52)44-15-13-41(3)14-16-44/h4-13,15-39,41H,1,14H2,2-3H3. The SMILES string of the molecule is C=C(C)c1ccc(-n2c3ccccc3c3cc(-c4ccc(-c5ccc(N(c6ccc(C7=CCC(C)C=C7)cc6)c6ccc(-c7ccccc7)cc6)cc5)cc4)ccc32)cc1. The van der Waals surface area contributed by atoms with E-state index in [1.54, 1.807) is 0 Å². The van der Waals surface area contributed by atoms with Crippen LogP contribution in [-0.2, 0) is 0 Å². The molecule has 1 aliphatic carbocycles. The minimum absolute atomic E-state index is 0.593. The zero-order chi connectivity index (χ0) is 40.6. The van der Waals surface area contributed by atoms with Gasteiger partial charge in [0.2, 0.25) is 0 Å². The van der Waals surface area contributed by atoms with Gasteiger partial charge in [-0.2, -0.15) is 0 Å². The second-order valence-electron chi connectivity index (χ2n) is 16.1. The first kappa shape index (κ1) is 36.9. The number of aromatic nitrogens is 1. The van der Waals surface area contributed by atoms with Crippen LogP contribution in [0.25, 0.3) is 72.0 Å². The molecule has 2 nitrogen and oxygen atoms in total. The van der Waals surface area contributed by atoms with Crippen LogP contribution in [0, 0.1) is 5.92 Å². The number of allylic oxidation sites excluding steroid dienone is 5. The van der Waals surface area contributed by atoms with Gasteiger partial charge >= 0.3 is 0 Å². The Morgan fingerprint density at radius 2 is 0.983 bits per heavy atom. The molecule has 1 aromatic heterocycles. The maximum absolute atomic E-state index is 4.12. The van der Waals surface area contributed by atoms with Crippen molar-refractivity contribution in [2.24, 2.45) is 5.92 Å². The lowest BCUT2D eigenvalue weighted by molar-refractivity contribution is 0.739. The van der Waals surface area contributed by atoms with Gasteiger partial charge in [-0.15, -0.1) is 0 Å². The number of nitrogens with zero attached hydrogens (tertiary/aromatic N) is 2. The van der Waals surface area contributed by atoms with E-state index in [1.807, 2.05) is 0 Å². The maximum atomic E-state index is 4.12. The van der Waals surface area contributed by atoms with Crippen molar-refractivity contribution in [1.82, 2.24) is 4.57 Å². The molecule has 0 bridgehead atoms. The number of benzene rings is 8. The summed E-state index contributed by atoms with van der Waals surface area (Å²) in [5, 5.41) is 2.50. The molecule has 0 saturated carbocycles. The van der Waals surface area contributed by atoms with Crippen molar-refractivity contribution >= 4 is 50.0 Å². The molecule has 1 atom stereocenters. The van der Waals surface area contributed by atoms with Gasteiger partial charge in [0, 0.05) is 33.5 Å². The summed E-state index contributed by atoms with van der Waals surface area (Å²) in [5.41, 5.74) is 18.9. The zero-order valence-electron chi connectivity index (χ0n) is 34.1. The third-order valence-electron chi connectivity index (χ3n) is 12.0. The predicted octanol–water partition coefficient (Wildman–Crippen LogP) is 16.3. The topological polar surface area (TPSA) is 8.17 Å². The summed E-state index contributed by atoms with van der Waals surface area (Å²) >= 11 is 0. The Balaban J connectivity index is 0.945. The predicted molar refractivity (Wildman–Crippen MR) is 257 cm³/mol. The molecule has 2 heteroatoms. The van der Waals surface area contributed by atoms with Crippen molar-refractivity contribution < 1.29 is 0 Å². The van der Waals surface area contributed by atoms with Crippen LogP contribution in [0.5, 0.6) is 0 Å². The van der Waals surface area contributed by atoms with E-state index in [2.05, 4.69) is 242 Å². The summed E-state index contributed by atoms with van der Waals surface area (Å²) in [6, 6.07) is 70.7. The molecule has 0 fully saturated rings. The van der Waals surface area contributed by atoms with Gasteiger partial charge in [-0.3, -0.25) is 0 Å². The molecule has 0 aliphatic heterocycles. The van der Waals surface area contributed by atoms with E-state index in [4.69, 9.17) is 0 Å².